The first-order valence-electron chi connectivity index (χ1n) is 11.5. The van der Waals surface area contributed by atoms with Gasteiger partial charge in [0.25, 0.3) is 0 Å². The van der Waals surface area contributed by atoms with E-state index in [-0.39, 0.29) is 17.7 Å². The number of likely N-dealkylation sites (tertiary alicyclic amines) is 1. The highest BCUT2D eigenvalue weighted by molar-refractivity contribution is 5.93. The third-order valence-electron chi connectivity index (χ3n) is 6.49. The monoisotopic (exact) mass is 416 g/mol. The Kier molecular flexibility index (Phi) is 6.86. The van der Waals surface area contributed by atoms with Crippen molar-refractivity contribution in [1.82, 2.24) is 4.90 Å². The molecule has 162 valence electrons. The Bertz CT molecular complexity index is 953. The highest BCUT2D eigenvalue weighted by Crippen LogP contribution is 2.25. The zero-order chi connectivity index (χ0) is 21.6. The van der Waals surface area contributed by atoms with Crippen LogP contribution in [0, 0.1) is 12.8 Å². The van der Waals surface area contributed by atoms with Crippen LogP contribution in [0.3, 0.4) is 0 Å². The standard InChI is InChI=1S/C27H32N2O2/c1-20-6-5-9-24(18-20)22-10-12-25(13-11-22)28-27(31)23-14-16-29(17-15-23)26(30)19-21-7-3-2-4-8-21/h5-7,9-13,18,23H,2-4,8,14-17,19H2,1H3,(H,28,31). The summed E-state index contributed by atoms with van der Waals surface area (Å²) in [5.74, 6) is 0.249. The van der Waals surface area contributed by atoms with Crippen molar-refractivity contribution in [3.05, 3.63) is 65.7 Å². The Morgan fingerprint density at radius 1 is 1.00 bits per heavy atom. The second-order valence-electron chi connectivity index (χ2n) is 8.88. The molecule has 2 aliphatic rings. The summed E-state index contributed by atoms with van der Waals surface area (Å²) in [6.07, 6.45) is 8.89. The molecule has 0 bridgehead atoms. The van der Waals surface area contributed by atoms with E-state index in [1.807, 2.05) is 29.2 Å². The van der Waals surface area contributed by atoms with E-state index >= 15 is 0 Å². The first-order valence-corrected chi connectivity index (χ1v) is 11.5. The van der Waals surface area contributed by atoms with E-state index in [1.165, 1.54) is 29.5 Å². The van der Waals surface area contributed by atoms with Gasteiger partial charge in [-0.2, -0.15) is 0 Å². The molecular weight excluding hydrogens is 384 g/mol. The molecule has 4 rings (SSSR count). The summed E-state index contributed by atoms with van der Waals surface area (Å²) in [7, 11) is 0. The predicted molar refractivity (Wildman–Crippen MR) is 126 cm³/mol. The minimum atomic E-state index is -0.0330. The fraction of sp³-hybridized carbons (Fsp3) is 0.407. The highest BCUT2D eigenvalue weighted by atomic mass is 16.2. The number of carbonyl (C=O) groups excluding carboxylic acids is 2. The molecule has 0 saturated carbocycles. The molecule has 1 aliphatic heterocycles. The van der Waals surface area contributed by atoms with E-state index in [0.29, 0.717) is 19.5 Å². The number of amides is 2. The van der Waals surface area contributed by atoms with Crippen LogP contribution in [-0.4, -0.2) is 29.8 Å². The van der Waals surface area contributed by atoms with Gasteiger partial charge < -0.3 is 10.2 Å². The number of rotatable bonds is 5. The van der Waals surface area contributed by atoms with Gasteiger partial charge in [-0.3, -0.25) is 9.59 Å². The molecule has 1 saturated heterocycles. The van der Waals surface area contributed by atoms with Gasteiger partial charge in [0.1, 0.15) is 0 Å². The average Bonchev–Trinajstić information content (AvgIpc) is 2.80. The molecule has 0 radical (unpaired) electrons. The second-order valence-corrected chi connectivity index (χ2v) is 8.88. The zero-order valence-electron chi connectivity index (χ0n) is 18.4. The SMILES string of the molecule is Cc1cccc(-c2ccc(NC(=O)C3CCN(C(=O)CC4=CCCCC4)CC3)cc2)c1. The molecule has 1 aliphatic carbocycles. The fourth-order valence-electron chi connectivity index (χ4n) is 4.58. The van der Waals surface area contributed by atoms with Gasteiger partial charge in [0.15, 0.2) is 0 Å². The summed E-state index contributed by atoms with van der Waals surface area (Å²) >= 11 is 0. The van der Waals surface area contributed by atoms with Gasteiger partial charge in [0.2, 0.25) is 11.8 Å². The number of hydrogen-bond acceptors (Lipinski definition) is 2. The van der Waals surface area contributed by atoms with Crippen LogP contribution < -0.4 is 5.32 Å². The number of nitrogens with zero attached hydrogens (tertiary/aromatic N) is 1. The van der Waals surface area contributed by atoms with Crippen molar-refractivity contribution in [2.75, 3.05) is 18.4 Å². The molecule has 0 aromatic heterocycles. The van der Waals surface area contributed by atoms with E-state index in [0.717, 1.165) is 36.9 Å². The van der Waals surface area contributed by atoms with Crippen LogP contribution in [0.25, 0.3) is 11.1 Å². The summed E-state index contributed by atoms with van der Waals surface area (Å²) in [5, 5.41) is 3.06. The van der Waals surface area contributed by atoms with Crippen LogP contribution in [-0.2, 0) is 9.59 Å². The van der Waals surface area contributed by atoms with Crippen molar-refractivity contribution in [3.8, 4) is 11.1 Å². The van der Waals surface area contributed by atoms with Crippen molar-refractivity contribution < 1.29 is 9.59 Å². The van der Waals surface area contributed by atoms with Crippen LogP contribution in [0.2, 0.25) is 0 Å². The molecule has 1 heterocycles. The summed E-state index contributed by atoms with van der Waals surface area (Å²) < 4.78 is 0. The summed E-state index contributed by atoms with van der Waals surface area (Å²) in [6.45, 7) is 3.44. The van der Waals surface area contributed by atoms with Gasteiger partial charge in [-0.1, -0.05) is 53.6 Å². The molecule has 1 N–H and O–H groups in total. The minimum Gasteiger partial charge on any atom is -0.342 e. The zero-order valence-corrected chi connectivity index (χ0v) is 18.4. The number of nitrogens with one attached hydrogen (secondary N) is 1. The highest BCUT2D eigenvalue weighted by Gasteiger charge is 2.27. The molecule has 0 atom stereocenters. The quantitative estimate of drug-likeness (QED) is 0.633. The molecule has 0 spiro atoms. The molecule has 2 amide bonds. The molecule has 4 nitrogen and oxygen atoms in total. The maximum atomic E-state index is 12.7. The lowest BCUT2D eigenvalue weighted by Crippen LogP contribution is -2.41. The van der Waals surface area contributed by atoms with Gasteiger partial charge in [0.05, 0.1) is 0 Å². The minimum absolute atomic E-state index is 0.0330. The maximum Gasteiger partial charge on any atom is 0.227 e. The number of anilines is 1. The van der Waals surface area contributed by atoms with Gasteiger partial charge in [-0.15, -0.1) is 0 Å². The van der Waals surface area contributed by atoms with Crippen LogP contribution in [0.5, 0.6) is 0 Å². The third kappa shape index (κ3) is 5.63. The van der Waals surface area contributed by atoms with Gasteiger partial charge in [0, 0.05) is 31.1 Å². The topological polar surface area (TPSA) is 49.4 Å². The van der Waals surface area contributed by atoms with Gasteiger partial charge in [-0.05, 0) is 68.7 Å². The molecule has 2 aromatic carbocycles. The fourth-order valence-corrected chi connectivity index (χ4v) is 4.58. The lowest BCUT2D eigenvalue weighted by Gasteiger charge is -2.32. The molecule has 1 fully saturated rings. The summed E-state index contributed by atoms with van der Waals surface area (Å²) in [6, 6.07) is 16.4. The molecule has 31 heavy (non-hydrogen) atoms. The third-order valence-corrected chi connectivity index (χ3v) is 6.49. The number of benzene rings is 2. The summed E-state index contributed by atoms with van der Waals surface area (Å²) in [5.41, 5.74) is 5.67. The van der Waals surface area contributed by atoms with Crippen molar-refractivity contribution in [3.63, 3.8) is 0 Å². The Labute approximate surface area is 185 Å². The van der Waals surface area contributed by atoms with Crippen molar-refractivity contribution in [2.45, 2.75) is 51.9 Å². The molecule has 4 heteroatoms. The number of piperidine rings is 1. The van der Waals surface area contributed by atoms with Gasteiger partial charge in [-0.25, -0.2) is 0 Å². The lowest BCUT2D eigenvalue weighted by molar-refractivity contribution is -0.133. The summed E-state index contributed by atoms with van der Waals surface area (Å²) in [4.78, 5) is 27.3. The Balaban J connectivity index is 1.27. The lowest BCUT2D eigenvalue weighted by atomic mass is 9.94. The van der Waals surface area contributed by atoms with Crippen molar-refractivity contribution in [2.24, 2.45) is 5.92 Å². The first kappa shape index (κ1) is 21.4. The Hall–Kier alpha value is -2.88. The molecule has 0 unspecified atom stereocenters. The van der Waals surface area contributed by atoms with Crippen LogP contribution >= 0.6 is 0 Å². The number of hydrogen-bond donors (Lipinski definition) is 1. The largest absolute Gasteiger partial charge is 0.342 e. The number of carbonyl (C=O) groups is 2. The van der Waals surface area contributed by atoms with Crippen molar-refractivity contribution in [1.29, 1.82) is 0 Å². The first-order chi connectivity index (χ1) is 15.1. The predicted octanol–water partition coefficient (Wildman–Crippen LogP) is 5.73. The normalized spacial score (nSPS) is 17.2. The average molecular weight is 417 g/mol. The maximum absolute atomic E-state index is 12.7. The van der Waals surface area contributed by atoms with Crippen LogP contribution in [0.15, 0.2) is 60.2 Å². The van der Waals surface area contributed by atoms with Crippen molar-refractivity contribution >= 4 is 17.5 Å². The Morgan fingerprint density at radius 3 is 2.45 bits per heavy atom. The van der Waals surface area contributed by atoms with E-state index in [4.69, 9.17) is 0 Å². The van der Waals surface area contributed by atoms with Crippen LogP contribution in [0.1, 0.15) is 50.5 Å². The Morgan fingerprint density at radius 2 is 1.77 bits per heavy atom. The van der Waals surface area contributed by atoms with E-state index in [2.05, 4.69) is 42.6 Å². The number of aryl methyl sites for hydroxylation is 1. The van der Waals surface area contributed by atoms with E-state index in [1.54, 1.807) is 0 Å². The van der Waals surface area contributed by atoms with E-state index < -0.39 is 0 Å². The second kappa shape index (κ2) is 9.95. The smallest absolute Gasteiger partial charge is 0.227 e. The number of allylic oxidation sites excluding steroid dienone is 1. The molecule has 2 aromatic rings. The van der Waals surface area contributed by atoms with E-state index in [9.17, 15) is 9.59 Å². The van der Waals surface area contributed by atoms with Gasteiger partial charge >= 0.3 is 0 Å². The van der Waals surface area contributed by atoms with Crippen LogP contribution in [0.4, 0.5) is 5.69 Å². The molecular formula is C27H32N2O2.